The Morgan fingerprint density at radius 1 is 1.30 bits per heavy atom. The second-order valence-electron chi connectivity index (χ2n) is 1.59. The maximum absolute atomic E-state index is 8.13. The van der Waals surface area contributed by atoms with Crippen molar-refractivity contribution in [3.63, 3.8) is 0 Å². The summed E-state index contributed by atoms with van der Waals surface area (Å²) in [5.41, 5.74) is 4.78. The molecule has 5 N–H and O–H groups in total. The molecule has 0 aliphatic heterocycles. The molecule has 0 bridgehead atoms. The third kappa shape index (κ3) is 24.9. The van der Waals surface area contributed by atoms with E-state index in [-0.39, 0.29) is 13.2 Å². The number of nitrogens with two attached hydrogens (primary N) is 1. The summed E-state index contributed by atoms with van der Waals surface area (Å²) in [4.78, 5) is 0. The minimum Gasteiger partial charge on any atom is -0.395 e. The molecule has 4 nitrogen and oxygen atoms in total. The summed E-state index contributed by atoms with van der Waals surface area (Å²) in [6.07, 6.45) is 0. The Morgan fingerprint density at radius 2 is 1.80 bits per heavy atom. The highest BCUT2D eigenvalue weighted by Gasteiger charge is 1.72. The van der Waals surface area contributed by atoms with Gasteiger partial charge in [0.15, 0.2) is 0 Å². The van der Waals surface area contributed by atoms with E-state index in [2.05, 4.69) is 5.32 Å². The number of aliphatic hydroxyl groups is 2. The van der Waals surface area contributed by atoms with Crippen LogP contribution in [0.5, 0.6) is 0 Å². The molecule has 0 aliphatic rings. The third-order valence-corrected chi connectivity index (χ3v) is 0.668. The highest BCUT2D eigenvalue weighted by molar-refractivity contribution is 4.35. The van der Waals surface area contributed by atoms with Crippen LogP contribution in [0.4, 0.5) is 0 Å². The van der Waals surface area contributed by atoms with Gasteiger partial charge >= 0.3 is 0 Å². The summed E-state index contributed by atoms with van der Waals surface area (Å²) in [6.45, 7) is 4.39. The van der Waals surface area contributed by atoms with Gasteiger partial charge < -0.3 is 21.3 Å². The van der Waals surface area contributed by atoms with Gasteiger partial charge in [-0.3, -0.25) is 0 Å². The Kier molecular flexibility index (Phi) is 19.9. The molecule has 0 aromatic rings. The fraction of sp³-hybridized carbons (Fsp3) is 1.00. The lowest BCUT2D eigenvalue weighted by Crippen LogP contribution is -2.16. The molecule has 0 heterocycles. The van der Waals surface area contributed by atoms with Gasteiger partial charge in [-0.15, -0.1) is 0 Å². The van der Waals surface area contributed by atoms with Gasteiger partial charge in [-0.05, 0) is 6.54 Å². The average Bonchev–Trinajstić information content (AvgIpc) is 2.01. The molecule has 0 unspecified atom stereocenters. The van der Waals surface area contributed by atoms with Crippen molar-refractivity contribution >= 4 is 0 Å². The molecule has 10 heavy (non-hydrogen) atoms. The van der Waals surface area contributed by atoms with Gasteiger partial charge in [-0.2, -0.15) is 0 Å². The number of hydrogen-bond donors (Lipinski definition) is 4. The zero-order valence-electron chi connectivity index (χ0n) is 6.51. The second kappa shape index (κ2) is 15.9. The van der Waals surface area contributed by atoms with Crippen LogP contribution in [-0.4, -0.2) is 43.1 Å². The summed E-state index contributed by atoms with van der Waals surface area (Å²) in [7, 11) is 0. The predicted octanol–water partition coefficient (Wildman–Crippen LogP) is -1.47. The normalized spacial score (nSPS) is 8.40. The van der Waals surface area contributed by atoms with Crippen molar-refractivity contribution < 1.29 is 10.2 Å². The van der Waals surface area contributed by atoms with Crippen molar-refractivity contribution in [2.75, 3.05) is 32.8 Å². The minimum atomic E-state index is 0.0972. The highest BCUT2D eigenvalue weighted by Crippen LogP contribution is 1.51. The molecule has 64 valence electrons. The van der Waals surface area contributed by atoms with Crippen molar-refractivity contribution in [3.05, 3.63) is 0 Å². The lowest BCUT2D eigenvalue weighted by Gasteiger charge is -1.91. The standard InChI is InChI=1S/C4H11NO.C2H7NO/c1-2-5-3-4-6;3-1-2-4/h5-6H,2-4H2,1H3;4H,1-3H2. The first-order chi connectivity index (χ1) is 4.83. The van der Waals surface area contributed by atoms with Crippen LogP contribution in [-0.2, 0) is 0 Å². The van der Waals surface area contributed by atoms with E-state index in [1.165, 1.54) is 0 Å². The Hall–Kier alpha value is -0.160. The molecular weight excluding hydrogens is 132 g/mol. The van der Waals surface area contributed by atoms with E-state index in [9.17, 15) is 0 Å². The summed E-state index contributed by atoms with van der Waals surface area (Å²) in [5, 5.41) is 18.8. The highest BCUT2D eigenvalue weighted by atomic mass is 16.3. The molecule has 0 saturated carbocycles. The number of nitrogens with one attached hydrogen (secondary N) is 1. The van der Waals surface area contributed by atoms with E-state index < -0.39 is 0 Å². The predicted molar refractivity (Wildman–Crippen MR) is 41.8 cm³/mol. The van der Waals surface area contributed by atoms with Crippen LogP contribution in [0.1, 0.15) is 6.92 Å². The monoisotopic (exact) mass is 150 g/mol. The third-order valence-electron chi connectivity index (χ3n) is 0.668. The van der Waals surface area contributed by atoms with Crippen LogP contribution in [0, 0.1) is 0 Å². The SMILES string of the molecule is CCNCCO.NCCO. The Balaban J connectivity index is 0. The first kappa shape index (κ1) is 12.5. The first-order valence-corrected chi connectivity index (χ1v) is 3.45. The molecule has 0 amide bonds. The van der Waals surface area contributed by atoms with E-state index in [1.54, 1.807) is 0 Å². The molecule has 0 rings (SSSR count). The topological polar surface area (TPSA) is 78.5 Å². The number of hydrogen-bond acceptors (Lipinski definition) is 4. The molecule has 0 fully saturated rings. The van der Waals surface area contributed by atoms with E-state index in [1.807, 2.05) is 6.92 Å². The molecule has 0 aromatic heterocycles. The lowest BCUT2D eigenvalue weighted by molar-refractivity contribution is 0.293. The van der Waals surface area contributed by atoms with Gasteiger partial charge in [-0.25, -0.2) is 0 Å². The molecule has 4 heteroatoms. The van der Waals surface area contributed by atoms with E-state index in [0.717, 1.165) is 13.1 Å². The summed E-state index contributed by atoms with van der Waals surface area (Å²) in [6, 6.07) is 0. The number of aliphatic hydroxyl groups excluding tert-OH is 2. The smallest absolute Gasteiger partial charge is 0.0555 e. The minimum absolute atomic E-state index is 0.0972. The second-order valence-corrected chi connectivity index (χ2v) is 1.59. The molecule has 0 spiro atoms. The van der Waals surface area contributed by atoms with Crippen LogP contribution in [0.3, 0.4) is 0 Å². The van der Waals surface area contributed by atoms with E-state index in [4.69, 9.17) is 15.9 Å². The molecule has 0 radical (unpaired) electrons. The van der Waals surface area contributed by atoms with Gasteiger partial charge in [0, 0.05) is 13.1 Å². The number of likely N-dealkylation sites (N-methyl/N-ethyl adjacent to an activating group) is 1. The maximum Gasteiger partial charge on any atom is 0.0555 e. The van der Waals surface area contributed by atoms with Crippen molar-refractivity contribution in [1.29, 1.82) is 0 Å². The molecule has 0 aromatic carbocycles. The molecular formula is C6H18N2O2. The van der Waals surface area contributed by atoms with Crippen molar-refractivity contribution in [2.24, 2.45) is 5.73 Å². The summed E-state index contributed by atoms with van der Waals surface area (Å²) in [5.74, 6) is 0. The molecule has 0 atom stereocenters. The molecule has 0 aliphatic carbocycles. The van der Waals surface area contributed by atoms with Crippen LogP contribution in [0.2, 0.25) is 0 Å². The number of rotatable bonds is 4. The Bertz CT molecular complexity index is 38.7. The Morgan fingerprint density at radius 3 is 1.90 bits per heavy atom. The van der Waals surface area contributed by atoms with E-state index in [0.29, 0.717) is 6.54 Å². The largest absolute Gasteiger partial charge is 0.395 e. The van der Waals surface area contributed by atoms with Crippen LogP contribution in [0.25, 0.3) is 0 Å². The Labute approximate surface area is 62.0 Å². The van der Waals surface area contributed by atoms with Crippen molar-refractivity contribution in [2.45, 2.75) is 6.92 Å². The van der Waals surface area contributed by atoms with Crippen LogP contribution in [0.15, 0.2) is 0 Å². The fourth-order valence-corrected chi connectivity index (χ4v) is 0.256. The van der Waals surface area contributed by atoms with Gasteiger partial charge in [0.25, 0.3) is 0 Å². The van der Waals surface area contributed by atoms with Crippen molar-refractivity contribution in [3.8, 4) is 0 Å². The van der Waals surface area contributed by atoms with Gasteiger partial charge in [0.2, 0.25) is 0 Å². The zero-order chi connectivity index (χ0) is 8.24. The molecule has 0 saturated heterocycles. The quantitative estimate of drug-likeness (QED) is 0.369. The maximum atomic E-state index is 8.13. The van der Waals surface area contributed by atoms with E-state index >= 15 is 0 Å². The first-order valence-electron chi connectivity index (χ1n) is 3.45. The van der Waals surface area contributed by atoms with Gasteiger partial charge in [0.05, 0.1) is 13.2 Å². The average molecular weight is 150 g/mol. The van der Waals surface area contributed by atoms with Crippen LogP contribution < -0.4 is 11.1 Å². The van der Waals surface area contributed by atoms with Crippen molar-refractivity contribution in [1.82, 2.24) is 5.32 Å². The zero-order valence-corrected chi connectivity index (χ0v) is 6.51. The van der Waals surface area contributed by atoms with Gasteiger partial charge in [0.1, 0.15) is 0 Å². The summed E-state index contributed by atoms with van der Waals surface area (Å²) >= 11 is 0. The van der Waals surface area contributed by atoms with Gasteiger partial charge in [-0.1, -0.05) is 6.92 Å². The van der Waals surface area contributed by atoms with Crippen LogP contribution >= 0.6 is 0 Å². The fourth-order valence-electron chi connectivity index (χ4n) is 0.256. The summed E-state index contributed by atoms with van der Waals surface area (Å²) < 4.78 is 0. The lowest BCUT2D eigenvalue weighted by atomic mass is 10.6.